The first-order chi connectivity index (χ1) is 12.2. The van der Waals surface area contributed by atoms with E-state index in [1.165, 1.54) is 19.3 Å². The molecule has 1 aromatic carbocycles. The molecule has 0 bridgehead atoms. The summed E-state index contributed by atoms with van der Waals surface area (Å²) in [5.41, 5.74) is 0.340. The van der Waals surface area contributed by atoms with Gasteiger partial charge in [-0.3, -0.25) is 4.79 Å². The standard InChI is InChI=1S/C20H29NO4/c1-23-20(11-13-24-14-12-20)15-21-19(22)16-7-9-18(10-8-16)25-17-5-3-2-4-6-17/h7-10,17H,2-6,11-15H2,1H3,(H,21,22). The number of rotatable bonds is 6. The molecular weight excluding hydrogens is 318 g/mol. The van der Waals surface area contributed by atoms with Crippen molar-refractivity contribution in [3.8, 4) is 5.75 Å². The van der Waals surface area contributed by atoms with Crippen molar-refractivity contribution in [3.05, 3.63) is 29.8 Å². The van der Waals surface area contributed by atoms with Crippen molar-refractivity contribution >= 4 is 5.91 Å². The average molecular weight is 347 g/mol. The highest BCUT2D eigenvalue weighted by atomic mass is 16.5. The number of carbonyl (C=O) groups is 1. The molecule has 2 fully saturated rings. The predicted molar refractivity (Wildman–Crippen MR) is 96.1 cm³/mol. The molecule has 1 aliphatic carbocycles. The largest absolute Gasteiger partial charge is 0.490 e. The first-order valence-corrected chi connectivity index (χ1v) is 9.39. The molecule has 2 aliphatic rings. The zero-order valence-corrected chi connectivity index (χ0v) is 15.1. The second-order valence-electron chi connectivity index (χ2n) is 7.08. The zero-order chi connectivity index (χ0) is 17.5. The third-order valence-electron chi connectivity index (χ3n) is 5.38. The molecule has 0 spiro atoms. The van der Waals surface area contributed by atoms with E-state index in [4.69, 9.17) is 14.2 Å². The summed E-state index contributed by atoms with van der Waals surface area (Å²) < 4.78 is 17.1. The van der Waals surface area contributed by atoms with Crippen LogP contribution in [0.2, 0.25) is 0 Å². The summed E-state index contributed by atoms with van der Waals surface area (Å²) in [6.45, 7) is 1.86. The number of amides is 1. The molecule has 0 radical (unpaired) electrons. The molecule has 1 amide bonds. The van der Waals surface area contributed by atoms with Gasteiger partial charge >= 0.3 is 0 Å². The van der Waals surface area contributed by atoms with Gasteiger partial charge in [-0.2, -0.15) is 0 Å². The molecule has 0 aromatic heterocycles. The molecule has 1 N–H and O–H groups in total. The summed E-state index contributed by atoms with van der Waals surface area (Å²) >= 11 is 0. The van der Waals surface area contributed by atoms with Crippen molar-refractivity contribution in [2.45, 2.75) is 56.7 Å². The Morgan fingerprint density at radius 3 is 2.48 bits per heavy atom. The number of hydrogen-bond acceptors (Lipinski definition) is 4. The van der Waals surface area contributed by atoms with E-state index >= 15 is 0 Å². The van der Waals surface area contributed by atoms with Crippen LogP contribution in [-0.2, 0) is 9.47 Å². The maximum Gasteiger partial charge on any atom is 0.251 e. The Balaban J connectivity index is 1.51. The van der Waals surface area contributed by atoms with E-state index in [0.29, 0.717) is 31.4 Å². The number of hydrogen-bond donors (Lipinski definition) is 1. The lowest BCUT2D eigenvalue weighted by Gasteiger charge is -2.35. The molecule has 1 saturated carbocycles. The fourth-order valence-electron chi connectivity index (χ4n) is 3.60. The molecule has 3 rings (SSSR count). The summed E-state index contributed by atoms with van der Waals surface area (Å²) in [5, 5.41) is 3.00. The Hall–Kier alpha value is -1.59. The summed E-state index contributed by atoms with van der Waals surface area (Å²) in [6, 6.07) is 7.45. The molecule has 5 heteroatoms. The second-order valence-corrected chi connectivity index (χ2v) is 7.08. The van der Waals surface area contributed by atoms with Crippen LogP contribution in [0.1, 0.15) is 55.3 Å². The van der Waals surface area contributed by atoms with Gasteiger partial charge in [0, 0.05) is 45.3 Å². The van der Waals surface area contributed by atoms with E-state index < -0.39 is 0 Å². The first kappa shape index (κ1) is 18.2. The summed E-state index contributed by atoms with van der Waals surface area (Å²) in [7, 11) is 1.70. The maximum atomic E-state index is 12.4. The Morgan fingerprint density at radius 2 is 1.84 bits per heavy atom. The van der Waals surface area contributed by atoms with E-state index in [2.05, 4.69) is 5.32 Å². The highest BCUT2D eigenvalue weighted by Crippen LogP contribution is 2.25. The fraction of sp³-hybridized carbons (Fsp3) is 0.650. The lowest BCUT2D eigenvalue weighted by molar-refractivity contribution is -0.0864. The minimum absolute atomic E-state index is 0.0767. The zero-order valence-electron chi connectivity index (χ0n) is 15.1. The van der Waals surface area contributed by atoms with Crippen LogP contribution in [0, 0.1) is 0 Å². The van der Waals surface area contributed by atoms with E-state index in [1.54, 1.807) is 7.11 Å². The third kappa shape index (κ3) is 4.95. The summed E-state index contributed by atoms with van der Waals surface area (Å²) in [5.74, 6) is 0.772. The van der Waals surface area contributed by atoms with Crippen molar-refractivity contribution in [2.24, 2.45) is 0 Å². The van der Waals surface area contributed by atoms with Crippen LogP contribution in [0.5, 0.6) is 5.75 Å². The van der Waals surface area contributed by atoms with Crippen LogP contribution in [0.25, 0.3) is 0 Å². The number of benzene rings is 1. The van der Waals surface area contributed by atoms with Gasteiger partial charge < -0.3 is 19.5 Å². The van der Waals surface area contributed by atoms with Crippen molar-refractivity contribution in [2.75, 3.05) is 26.9 Å². The van der Waals surface area contributed by atoms with Gasteiger partial charge in [0.1, 0.15) is 5.75 Å². The molecule has 1 saturated heterocycles. The van der Waals surface area contributed by atoms with Crippen molar-refractivity contribution in [1.82, 2.24) is 5.32 Å². The van der Waals surface area contributed by atoms with E-state index in [1.807, 2.05) is 24.3 Å². The van der Waals surface area contributed by atoms with Gasteiger partial charge in [0.25, 0.3) is 5.91 Å². The molecule has 1 aliphatic heterocycles. The number of carbonyl (C=O) groups excluding carboxylic acids is 1. The van der Waals surface area contributed by atoms with Crippen LogP contribution < -0.4 is 10.1 Å². The van der Waals surface area contributed by atoms with Gasteiger partial charge in [0.15, 0.2) is 0 Å². The lowest BCUT2D eigenvalue weighted by Crippen LogP contribution is -2.48. The van der Waals surface area contributed by atoms with Crippen molar-refractivity contribution in [3.63, 3.8) is 0 Å². The van der Waals surface area contributed by atoms with Gasteiger partial charge in [-0.15, -0.1) is 0 Å². The van der Waals surface area contributed by atoms with Crippen molar-refractivity contribution < 1.29 is 19.0 Å². The van der Waals surface area contributed by atoms with Crippen molar-refractivity contribution in [1.29, 1.82) is 0 Å². The molecule has 138 valence electrons. The summed E-state index contributed by atoms with van der Waals surface area (Å²) in [6.07, 6.45) is 8.00. The number of ether oxygens (including phenoxy) is 3. The molecule has 1 heterocycles. The Morgan fingerprint density at radius 1 is 1.16 bits per heavy atom. The molecule has 0 atom stereocenters. The maximum absolute atomic E-state index is 12.4. The predicted octanol–water partition coefficient (Wildman–Crippen LogP) is 3.32. The Labute approximate surface area is 150 Å². The minimum atomic E-state index is -0.308. The Bertz CT molecular complexity index is 545. The summed E-state index contributed by atoms with van der Waals surface area (Å²) in [4.78, 5) is 12.4. The molecule has 0 unspecified atom stereocenters. The van der Waals surface area contributed by atoms with E-state index in [9.17, 15) is 4.79 Å². The first-order valence-electron chi connectivity index (χ1n) is 9.39. The molecule has 25 heavy (non-hydrogen) atoms. The van der Waals surface area contributed by atoms with Gasteiger partial charge in [-0.05, 0) is 49.9 Å². The molecule has 5 nitrogen and oxygen atoms in total. The van der Waals surface area contributed by atoms with E-state index in [-0.39, 0.29) is 11.5 Å². The Kier molecular flexibility index (Phi) is 6.32. The smallest absolute Gasteiger partial charge is 0.251 e. The van der Waals surface area contributed by atoms with Gasteiger partial charge in [-0.1, -0.05) is 6.42 Å². The topological polar surface area (TPSA) is 56.8 Å². The number of nitrogens with one attached hydrogen (secondary N) is 1. The highest BCUT2D eigenvalue weighted by Gasteiger charge is 2.32. The molecule has 1 aromatic rings. The van der Waals surface area contributed by atoms with E-state index in [0.717, 1.165) is 31.4 Å². The minimum Gasteiger partial charge on any atom is -0.490 e. The van der Waals surface area contributed by atoms with Gasteiger partial charge in [-0.25, -0.2) is 0 Å². The highest BCUT2D eigenvalue weighted by molar-refractivity contribution is 5.94. The van der Waals surface area contributed by atoms with Crippen LogP contribution in [0.4, 0.5) is 0 Å². The monoisotopic (exact) mass is 347 g/mol. The van der Waals surface area contributed by atoms with Crippen LogP contribution in [-0.4, -0.2) is 44.5 Å². The van der Waals surface area contributed by atoms with Gasteiger partial charge in [0.05, 0.1) is 11.7 Å². The van der Waals surface area contributed by atoms with Crippen LogP contribution >= 0.6 is 0 Å². The second kappa shape index (κ2) is 8.68. The fourth-order valence-corrected chi connectivity index (χ4v) is 3.60. The van der Waals surface area contributed by atoms with Crippen LogP contribution in [0.3, 0.4) is 0 Å². The molecular formula is C20H29NO4. The lowest BCUT2D eigenvalue weighted by atomic mass is 9.94. The average Bonchev–Trinajstić information content (AvgIpc) is 2.68. The van der Waals surface area contributed by atoms with Gasteiger partial charge in [0.2, 0.25) is 0 Å². The quantitative estimate of drug-likeness (QED) is 0.858. The SMILES string of the molecule is COC1(CNC(=O)c2ccc(OC3CCCCC3)cc2)CCOCC1. The normalized spacial score (nSPS) is 20.8. The van der Waals surface area contributed by atoms with Crippen LogP contribution in [0.15, 0.2) is 24.3 Å². The number of methoxy groups -OCH3 is 1. The third-order valence-corrected chi connectivity index (χ3v) is 5.38.